The van der Waals surface area contributed by atoms with Gasteiger partial charge in [-0.3, -0.25) is 4.79 Å². The Morgan fingerprint density at radius 1 is 1.32 bits per heavy atom. The van der Waals surface area contributed by atoms with E-state index in [-0.39, 0.29) is 36.8 Å². The van der Waals surface area contributed by atoms with Crippen LogP contribution in [0.1, 0.15) is 29.5 Å². The third-order valence-electron chi connectivity index (χ3n) is 4.62. The van der Waals surface area contributed by atoms with Gasteiger partial charge in [0.1, 0.15) is 5.58 Å². The summed E-state index contributed by atoms with van der Waals surface area (Å²) in [5.74, 6) is 0.849. The summed E-state index contributed by atoms with van der Waals surface area (Å²) in [4.78, 5) is 17.0. The minimum Gasteiger partial charge on any atom is -0.451 e. The summed E-state index contributed by atoms with van der Waals surface area (Å²) in [6, 6.07) is 8.05. The van der Waals surface area contributed by atoms with Gasteiger partial charge >= 0.3 is 0 Å². The third-order valence-corrected chi connectivity index (χ3v) is 4.62. The van der Waals surface area contributed by atoms with Crippen molar-refractivity contribution in [1.29, 1.82) is 0 Å². The van der Waals surface area contributed by atoms with Crippen LogP contribution in [0.3, 0.4) is 0 Å². The Hall–Kier alpha value is -1.27. The minimum absolute atomic E-state index is 0. The fourth-order valence-electron chi connectivity index (χ4n) is 3.47. The molecule has 1 saturated heterocycles. The number of hydrogen-bond acceptors (Lipinski definition) is 4. The molecule has 140 valence electrons. The first-order valence-electron chi connectivity index (χ1n) is 8.17. The van der Waals surface area contributed by atoms with E-state index in [2.05, 4.69) is 11.8 Å². The van der Waals surface area contributed by atoms with E-state index < -0.39 is 0 Å². The van der Waals surface area contributed by atoms with Gasteiger partial charge in [-0.2, -0.15) is 0 Å². The summed E-state index contributed by atoms with van der Waals surface area (Å²) in [5, 5.41) is 1.02. The van der Waals surface area contributed by atoms with Crippen LogP contribution < -0.4 is 5.73 Å². The normalized spacial score (nSPS) is 19.8. The molecule has 0 radical (unpaired) electrons. The average molecular weight is 388 g/mol. The zero-order valence-electron chi connectivity index (χ0n) is 14.9. The highest BCUT2D eigenvalue weighted by Crippen LogP contribution is 2.31. The van der Waals surface area contributed by atoms with Crippen molar-refractivity contribution < 1.29 is 9.21 Å². The number of fused-ring (bicyclic) bond motifs is 1. The maximum absolute atomic E-state index is 13.1. The van der Waals surface area contributed by atoms with E-state index in [9.17, 15) is 4.79 Å². The fraction of sp³-hybridized carbons (Fsp3) is 0.500. The van der Waals surface area contributed by atoms with Crippen LogP contribution in [0.25, 0.3) is 11.0 Å². The first-order valence-corrected chi connectivity index (χ1v) is 8.17. The number of benzene rings is 1. The second-order valence-corrected chi connectivity index (χ2v) is 6.79. The van der Waals surface area contributed by atoms with Crippen LogP contribution in [0.4, 0.5) is 0 Å². The molecule has 1 amide bonds. The number of para-hydroxylation sites is 1. The minimum atomic E-state index is -0.0125. The zero-order chi connectivity index (χ0) is 16.6. The highest BCUT2D eigenvalue weighted by atomic mass is 35.5. The maximum Gasteiger partial charge on any atom is 0.290 e. The molecule has 25 heavy (non-hydrogen) atoms. The molecule has 2 unspecified atom stereocenters. The largest absolute Gasteiger partial charge is 0.451 e. The molecule has 1 fully saturated rings. The second-order valence-electron chi connectivity index (χ2n) is 6.79. The molecule has 0 saturated carbocycles. The van der Waals surface area contributed by atoms with Crippen molar-refractivity contribution in [2.75, 3.05) is 27.2 Å². The average Bonchev–Trinajstić information content (AvgIpc) is 3.07. The number of carbonyl (C=O) groups excluding carboxylic acids is 1. The molecule has 1 aromatic carbocycles. The van der Waals surface area contributed by atoms with Crippen molar-refractivity contribution in [1.82, 2.24) is 9.80 Å². The van der Waals surface area contributed by atoms with Gasteiger partial charge < -0.3 is 20.0 Å². The first kappa shape index (κ1) is 21.8. The van der Waals surface area contributed by atoms with Crippen molar-refractivity contribution in [2.45, 2.75) is 25.9 Å². The molecule has 0 spiro atoms. The van der Waals surface area contributed by atoms with Crippen molar-refractivity contribution in [3.63, 3.8) is 0 Å². The van der Waals surface area contributed by atoms with Crippen LogP contribution in [-0.4, -0.2) is 48.9 Å². The predicted octanol–water partition coefficient (Wildman–Crippen LogP) is 3.15. The topological polar surface area (TPSA) is 62.7 Å². The summed E-state index contributed by atoms with van der Waals surface area (Å²) in [6.07, 6.45) is 0.964. The van der Waals surface area contributed by atoms with Gasteiger partial charge in [-0.05, 0) is 46.0 Å². The van der Waals surface area contributed by atoms with Crippen molar-refractivity contribution in [3.8, 4) is 0 Å². The molecule has 1 aliphatic rings. The van der Waals surface area contributed by atoms with E-state index in [0.29, 0.717) is 24.8 Å². The quantitative estimate of drug-likeness (QED) is 0.874. The number of likely N-dealkylation sites (tertiary alicyclic amines) is 1. The third kappa shape index (κ3) is 4.29. The van der Waals surface area contributed by atoms with Gasteiger partial charge in [-0.1, -0.05) is 18.2 Å². The lowest BCUT2D eigenvalue weighted by atomic mass is 10.1. The molecule has 5 nitrogen and oxygen atoms in total. The van der Waals surface area contributed by atoms with Gasteiger partial charge in [-0.25, -0.2) is 0 Å². The molecule has 3 rings (SSSR count). The van der Waals surface area contributed by atoms with Gasteiger partial charge in [0.05, 0.1) is 0 Å². The van der Waals surface area contributed by atoms with E-state index in [0.717, 1.165) is 29.5 Å². The van der Waals surface area contributed by atoms with Crippen molar-refractivity contribution in [2.24, 2.45) is 11.7 Å². The van der Waals surface area contributed by atoms with Crippen LogP contribution >= 0.6 is 24.8 Å². The fourth-order valence-corrected chi connectivity index (χ4v) is 3.47. The molecular formula is C18H27Cl2N3O2. The number of hydrogen-bond donors (Lipinski definition) is 1. The highest BCUT2D eigenvalue weighted by molar-refractivity contribution is 5.99. The zero-order valence-corrected chi connectivity index (χ0v) is 16.5. The van der Waals surface area contributed by atoms with Gasteiger partial charge in [0.15, 0.2) is 5.76 Å². The number of nitrogens with zero attached hydrogens (tertiary/aromatic N) is 2. The molecular weight excluding hydrogens is 361 g/mol. The standard InChI is InChI=1S/C18H25N3O2.2ClH/c1-12-8-13(9-19)10-21(12)18(22)17-15(11-20(2)3)14-6-4-5-7-16(14)23-17;;/h4-7,12-13H,8-11,19H2,1-3H3;2*1H. The van der Waals surface area contributed by atoms with Crippen molar-refractivity contribution in [3.05, 3.63) is 35.6 Å². The maximum atomic E-state index is 13.1. The summed E-state index contributed by atoms with van der Waals surface area (Å²) < 4.78 is 5.94. The smallest absolute Gasteiger partial charge is 0.290 e. The summed E-state index contributed by atoms with van der Waals surface area (Å²) >= 11 is 0. The lowest BCUT2D eigenvalue weighted by Crippen LogP contribution is -2.35. The molecule has 0 bridgehead atoms. The first-order chi connectivity index (χ1) is 11.0. The summed E-state index contributed by atoms with van der Waals surface area (Å²) in [7, 11) is 4.00. The van der Waals surface area contributed by atoms with Crippen LogP contribution in [-0.2, 0) is 6.54 Å². The van der Waals surface area contributed by atoms with Crippen LogP contribution in [0.5, 0.6) is 0 Å². The summed E-state index contributed by atoms with van der Waals surface area (Å²) in [5.41, 5.74) is 7.53. The van der Waals surface area contributed by atoms with E-state index >= 15 is 0 Å². The summed E-state index contributed by atoms with van der Waals surface area (Å²) in [6.45, 7) is 4.11. The number of halogens is 2. The van der Waals surface area contributed by atoms with Crippen LogP contribution in [0.15, 0.2) is 28.7 Å². The number of furan rings is 1. The SMILES string of the molecule is CC1CC(CN)CN1C(=O)c1oc2ccccc2c1CN(C)C.Cl.Cl. The Labute approximate surface area is 161 Å². The van der Waals surface area contributed by atoms with E-state index in [4.69, 9.17) is 10.2 Å². The van der Waals surface area contributed by atoms with E-state index in [1.165, 1.54) is 0 Å². The van der Waals surface area contributed by atoms with Crippen molar-refractivity contribution >= 4 is 41.7 Å². The number of nitrogens with two attached hydrogens (primary N) is 1. The molecule has 2 N–H and O–H groups in total. The molecule has 1 aliphatic heterocycles. The van der Waals surface area contributed by atoms with E-state index in [1.807, 2.05) is 43.3 Å². The van der Waals surface area contributed by atoms with Gasteiger partial charge in [0.2, 0.25) is 0 Å². The van der Waals surface area contributed by atoms with Gasteiger partial charge in [-0.15, -0.1) is 24.8 Å². The molecule has 2 atom stereocenters. The molecule has 2 aromatic rings. The Kier molecular flexibility index (Phi) is 7.75. The number of amides is 1. The van der Waals surface area contributed by atoms with E-state index in [1.54, 1.807) is 0 Å². The van der Waals surface area contributed by atoms with Crippen LogP contribution in [0.2, 0.25) is 0 Å². The lowest BCUT2D eigenvalue weighted by molar-refractivity contribution is 0.0711. The Balaban J connectivity index is 0.00000156. The molecule has 7 heteroatoms. The predicted molar refractivity (Wildman–Crippen MR) is 106 cm³/mol. The molecule has 0 aliphatic carbocycles. The molecule has 1 aromatic heterocycles. The highest BCUT2D eigenvalue weighted by Gasteiger charge is 2.35. The van der Waals surface area contributed by atoms with Gasteiger partial charge in [0.25, 0.3) is 5.91 Å². The number of rotatable bonds is 4. The van der Waals surface area contributed by atoms with Gasteiger partial charge in [0, 0.05) is 30.1 Å². The Morgan fingerprint density at radius 2 is 2.00 bits per heavy atom. The lowest BCUT2D eigenvalue weighted by Gasteiger charge is -2.21. The molecule has 2 heterocycles. The monoisotopic (exact) mass is 387 g/mol. The van der Waals surface area contributed by atoms with Crippen LogP contribution in [0, 0.1) is 5.92 Å². The second kappa shape index (κ2) is 8.90. The Bertz CT molecular complexity index is 717. The Morgan fingerprint density at radius 3 is 2.60 bits per heavy atom. The number of carbonyl (C=O) groups is 1.